The molecule has 0 aromatic heterocycles. The van der Waals surface area contributed by atoms with Crippen molar-refractivity contribution in [2.45, 2.75) is 45.1 Å². The fraction of sp³-hybridized carbons (Fsp3) is 0.471. The van der Waals surface area contributed by atoms with E-state index in [0.29, 0.717) is 24.1 Å². The Balaban J connectivity index is 2.19. The zero-order valence-electron chi connectivity index (χ0n) is 12.3. The Hall–Kier alpha value is -2.15. The van der Waals surface area contributed by atoms with E-state index in [9.17, 15) is 9.59 Å². The number of likely N-dealkylation sites (tertiary alicyclic amines) is 1. The Morgan fingerprint density at radius 1 is 1.24 bits per heavy atom. The molecule has 1 saturated heterocycles. The SMILES string of the molecule is CC(=O)CC1CCCCCN1C(=O)c1ccc(C#N)cc1. The van der Waals surface area contributed by atoms with Crippen molar-refractivity contribution in [2.75, 3.05) is 6.54 Å². The molecule has 0 bridgehead atoms. The number of carbonyl (C=O) groups is 2. The first-order valence-electron chi connectivity index (χ1n) is 7.42. The normalized spacial score (nSPS) is 18.7. The first-order chi connectivity index (χ1) is 10.1. The van der Waals surface area contributed by atoms with Gasteiger partial charge in [0.25, 0.3) is 5.91 Å². The van der Waals surface area contributed by atoms with Crippen LogP contribution >= 0.6 is 0 Å². The first-order valence-corrected chi connectivity index (χ1v) is 7.42. The molecule has 1 heterocycles. The Bertz CT molecular complexity index is 557. The van der Waals surface area contributed by atoms with Crippen molar-refractivity contribution in [3.8, 4) is 6.07 Å². The number of nitrogens with zero attached hydrogens (tertiary/aromatic N) is 2. The predicted octanol–water partition coefficient (Wildman–Crippen LogP) is 2.92. The summed E-state index contributed by atoms with van der Waals surface area (Å²) in [5, 5.41) is 8.81. The van der Waals surface area contributed by atoms with E-state index < -0.39 is 0 Å². The molecule has 110 valence electrons. The molecule has 2 rings (SSSR count). The van der Waals surface area contributed by atoms with Crippen molar-refractivity contribution < 1.29 is 9.59 Å². The van der Waals surface area contributed by atoms with E-state index in [1.54, 1.807) is 31.2 Å². The summed E-state index contributed by atoms with van der Waals surface area (Å²) in [7, 11) is 0. The van der Waals surface area contributed by atoms with Gasteiger partial charge in [-0.15, -0.1) is 0 Å². The molecule has 1 atom stereocenters. The van der Waals surface area contributed by atoms with Gasteiger partial charge in [-0.25, -0.2) is 0 Å². The fourth-order valence-corrected chi connectivity index (χ4v) is 2.84. The minimum Gasteiger partial charge on any atom is -0.335 e. The Morgan fingerprint density at radius 2 is 1.95 bits per heavy atom. The van der Waals surface area contributed by atoms with Crippen LogP contribution in [-0.4, -0.2) is 29.2 Å². The van der Waals surface area contributed by atoms with Gasteiger partial charge in [0.1, 0.15) is 5.78 Å². The molecule has 4 nitrogen and oxygen atoms in total. The second-order valence-corrected chi connectivity index (χ2v) is 5.60. The lowest BCUT2D eigenvalue weighted by Gasteiger charge is -2.29. The van der Waals surface area contributed by atoms with Crippen molar-refractivity contribution in [1.82, 2.24) is 4.90 Å². The lowest BCUT2D eigenvalue weighted by atomic mass is 10.0. The number of hydrogen-bond donors (Lipinski definition) is 0. The molecule has 1 amide bonds. The molecular formula is C17H20N2O2. The third kappa shape index (κ3) is 3.91. The number of Topliss-reactive ketones (excluding diaryl/α,β-unsaturated/α-hetero) is 1. The van der Waals surface area contributed by atoms with Gasteiger partial charge in [0, 0.05) is 24.6 Å². The summed E-state index contributed by atoms with van der Waals surface area (Å²) in [4.78, 5) is 26.0. The van der Waals surface area contributed by atoms with Crippen LogP contribution in [0.2, 0.25) is 0 Å². The quantitative estimate of drug-likeness (QED) is 0.857. The van der Waals surface area contributed by atoms with E-state index in [1.807, 2.05) is 11.0 Å². The number of nitriles is 1. The second kappa shape index (κ2) is 7.03. The van der Waals surface area contributed by atoms with Crippen LogP contribution in [0.25, 0.3) is 0 Å². The number of amides is 1. The molecule has 1 aliphatic heterocycles. The number of rotatable bonds is 3. The lowest BCUT2D eigenvalue weighted by molar-refractivity contribution is -0.118. The highest BCUT2D eigenvalue weighted by molar-refractivity contribution is 5.95. The zero-order chi connectivity index (χ0) is 15.2. The van der Waals surface area contributed by atoms with Crippen LogP contribution in [0.4, 0.5) is 0 Å². The molecule has 0 saturated carbocycles. The summed E-state index contributed by atoms with van der Waals surface area (Å²) in [6, 6.07) is 8.75. The molecule has 0 N–H and O–H groups in total. The molecule has 0 spiro atoms. The Kier molecular flexibility index (Phi) is 5.10. The largest absolute Gasteiger partial charge is 0.335 e. The molecule has 0 aliphatic carbocycles. The van der Waals surface area contributed by atoms with E-state index in [2.05, 4.69) is 0 Å². The van der Waals surface area contributed by atoms with E-state index in [1.165, 1.54) is 0 Å². The highest BCUT2D eigenvalue weighted by Crippen LogP contribution is 2.22. The maximum atomic E-state index is 12.7. The lowest BCUT2D eigenvalue weighted by Crippen LogP contribution is -2.41. The van der Waals surface area contributed by atoms with E-state index in [4.69, 9.17) is 5.26 Å². The molecule has 0 radical (unpaired) electrons. The van der Waals surface area contributed by atoms with Gasteiger partial charge in [-0.2, -0.15) is 5.26 Å². The summed E-state index contributed by atoms with van der Waals surface area (Å²) < 4.78 is 0. The molecule has 1 aromatic carbocycles. The molecular weight excluding hydrogens is 264 g/mol. The van der Waals surface area contributed by atoms with Crippen molar-refractivity contribution in [1.29, 1.82) is 5.26 Å². The average Bonchev–Trinajstić information content (AvgIpc) is 2.71. The van der Waals surface area contributed by atoms with Gasteiger partial charge < -0.3 is 4.90 Å². The van der Waals surface area contributed by atoms with Gasteiger partial charge in [-0.05, 0) is 44.0 Å². The summed E-state index contributed by atoms with van der Waals surface area (Å²) >= 11 is 0. The monoisotopic (exact) mass is 284 g/mol. The molecule has 21 heavy (non-hydrogen) atoms. The average molecular weight is 284 g/mol. The highest BCUT2D eigenvalue weighted by atomic mass is 16.2. The number of benzene rings is 1. The van der Waals surface area contributed by atoms with Crippen LogP contribution in [-0.2, 0) is 4.79 Å². The number of carbonyl (C=O) groups excluding carboxylic acids is 2. The van der Waals surface area contributed by atoms with Gasteiger partial charge in [-0.1, -0.05) is 12.8 Å². The molecule has 4 heteroatoms. The number of hydrogen-bond acceptors (Lipinski definition) is 3. The third-order valence-corrected chi connectivity index (χ3v) is 3.92. The maximum Gasteiger partial charge on any atom is 0.254 e. The van der Waals surface area contributed by atoms with Crippen molar-refractivity contribution in [3.63, 3.8) is 0 Å². The van der Waals surface area contributed by atoms with Crippen LogP contribution in [0.3, 0.4) is 0 Å². The standard InChI is InChI=1S/C17H20N2O2/c1-13(20)11-16-5-3-2-4-10-19(16)17(21)15-8-6-14(12-18)7-9-15/h6-9,16H,2-5,10-11H2,1H3. The Morgan fingerprint density at radius 3 is 2.57 bits per heavy atom. The summed E-state index contributed by atoms with van der Waals surface area (Å²) in [6.07, 6.45) is 4.47. The van der Waals surface area contributed by atoms with Crippen LogP contribution in [0, 0.1) is 11.3 Å². The van der Waals surface area contributed by atoms with Gasteiger partial charge in [0.05, 0.1) is 11.6 Å². The topological polar surface area (TPSA) is 61.2 Å². The minimum absolute atomic E-state index is 0.00754. The van der Waals surface area contributed by atoms with E-state index >= 15 is 0 Å². The van der Waals surface area contributed by atoms with Crippen LogP contribution in [0.1, 0.15) is 54.9 Å². The van der Waals surface area contributed by atoms with E-state index in [-0.39, 0.29) is 17.7 Å². The van der Waals surface area contributed by atoms with Crippen molar-refractivity contribution >= 4 is 11.7 Å². The van der Waals surface area contributed by atoms with Gasteiger partial charge in [0.2, 0.25) is 0 Å². The number of ketones is 1. The predicted molar refractivity (Wildman–Crippen MR) is 79.7 cm³/mol. The summed E-state index contributed by atoms with van der Waals surface area (Å²) in [5.41, 5.74) is 1.13. The van der Waals surface area contributed by atoms with Gasteiger partial charge in [0.15, 0.2) is 0 Å². The fourth-order valence-electron chi connectivity index (χ4n) is 2.84. The molecule has 1 fully saturated rings. The second-order valence-electron chi connectivity index (χ2n) is 5.60. The maximum absolute atomic E-state index is 12.7. The minimum atomic E-state index is -0.0346. The summed E-state index contributed by atoms with van der Waals surface area (Å²) in [6.45, 7) is 2.28. The first kappa shape index (κ1) is 15.2. The third-order valence-electron chi connectivity index (χ3n) is 3.92. The molecule has 1 aliphatic rings. The van der Waals surface area contributed by atoms with Crippen molar-refractivity contribution in [2.24, 2.45) is 0 Å². The molecule has 1 unspecified atom stereocenters. The smallest absolute Gasteiger partial charge is 0.254 e. The van der Waals surface area contributed by atoms with Gasteiger partial charge in [-0.3, -0.25) is 9.59 Å². The molecule has 1 aromatic rings. The van der Waals surface area contributed by atoms with Crippen LogP contribution in [0.5, 0.6) is 0 Å². The van der Waals surface area contributed by atoms with Crippen LogP contribution < -0.4 is 0 Å². The summed E-state index contributed by atoms with van der Waals surface area (Å²) in [5.74, 6) is 0.0900. The van der Waals surface area contributed by atoms with Crippen molar-refractivity contribution in [3.05, 3.63) is 35.4 Å². The zero-order valence-corrected chi connectivity index (χ0v) is 12.3. The van der Waals surface area contributed by atoms with Crippen LogP contribution in [0.15, 0.2) is 24.3 Å². The van der Waals surface area contributed by atoms with E-state index in [0.717, 1.165) is 25.7 Å². The van der Waals surface area contributed by atoms with Gasteiger partial charge >= 0.3 is 0 Å². The Labute approximate surface area is 125 Å². The highest BCUT2D eigenvalue weighted by Gasteiger charge is 2.27.